The average molecular weight is 572 g/mol. The lowest BCUT2D eigenvalue weighted by atomic mass is 9.87. The Hall–Kier alpha value is -3.26. The number of halogens is 4. The highest BCUT2D eigenvalue weighted by Gasteiger charge is 2.38. The lowest BCUT2D eigenvalue weighted by Crippen LogP contribution is -2.48. The molecule has 3 aliphatic rings. The first-order valence-electron chi connectivity index (χ1n) is 13.3. The second kappa shape index (κ2) is 11.7. The number of nitrogens with zero attached hydrogens (tertiary/aromatic N) is 3. The molecule has 1 aromatic carbocycles. The highest BCUT2D eigenvalue weighted by atomic mass is 19.4. The van der Waals surface area contributed by atoms with Crippen LogP contribution in [0.3, 0.4) is 0 Å². The van der Waals surface area contributed by atoms with E-state index < -0.39 is 29.8 Å². The van der Waals surface area contributed by atoms with Crippen LogP contribution in [0, 0.1) is 0 Å². The Bertz CT molecular complexity index is 1320. The van der Waals surface area contributed by atoms with Crippen LogP contribution in [0.2, 0.25) is 0 Å². The predicted molar refractivity (Wildman–Crippen MR) is 137 cm³/mol. The summed E-state index contributed by atoms with van der Waals surface area (Å²) in [6.45, 7) is 3.65. The van der Waals surface area contributed by atoms with Gasteiger partial charge in [-0.3, -0.25) is 24.0 Å². The van der Waals surface area contributed by atoms with Crippen LogP contribution < -0.4 is 16.3 Å². The summed E-state index contributed by atoms with van der Waals surface area (Å²) in [7, 11) is 1.75. The molecule has 14 heteroatoms. The number of alkyl halides is 4. The van der Waals surface area contributed by atoms with Gasteiger partial charge in [-0.25, -0.2) is 14.0 Å². The Morgan fingerprint density at radius 2 is 1.73 bits per heavy atom. The lowest BCUT2D eigenvalue weighted by molar-refractivity contribution is -0.192. The zero-order valence-electron chi connectivity index (χ0n) is 22.1. The number of aliphatic carboxylic acids is 1. The summed E-state index contributed by atoms with van der Waals surface area (Å²) >= 11 is 0. The number of carbonyl (C=O) groups is 3. The van der Waals surface area contributed by atoms with Crippen molar-refractivity contribution < 1.29 is 37.1 Å². The SMILES string of the molecule is Cn1c(=O)n(C2CCC(=O)NC2=O)c2cccc(C3CCN(CC4(F)CCNCC4)CC3)c21.O=C(O)C(F)(F)F. The molecule has 3 saturated heterocycles. The minimum Gasteiger partial charge on any atom is -0.475 e. The van der Waals surface area contributed by atoms with Gasteiger partial charge in [0.1, 0.15) is 11.7 Å². The zero-order chi connectivity index (χ0) is 29.2. The van der Waals surface area contributed by atoms with Gasteiger partial charge in [0.15, 0.2) is 0 Å². The molecule has 220 valence electrons. The van der Waals surface area contributed by atoms with Crippen LogP contribution in [0.15, 0.2) is 23.0 Å². The van der Waals surface area contributed by atoms with E-state index in [9.17, 15) is 27.6 Å². The fourth-order valence-electron chi connectivity index (χ4n) is 5.86. The molecule has 1 atom stereocenters. The van der Waals surface area contributed by atoms with Crippen molar-refractivity contribution in [3.8, 4) is 0 Å². The smallest absolute Gasteiger partial charge is 0.475 e. The molecule has 4 heterocycles. The van der Waals surface area contributed by atoms with E-state index in [4.69, 9.17) is 9.90 Å². The number of likely N-dealkylation sites (tertiary alicyclic amines) is 1. The first-order chi connectivity index (χ1) is 18.8. The molecule has 2 amide bonds. The highest BCUT2D eigenvalue weighted by molar-refractivity contribution is 6.00. The number of imide groups is 1. The van der Waals surface area contributed by atoms with E-state index in [1.807, 2.05) is 12.1 Å². The number of carboxylic acid groups (broad SMARTS) is 1. The normalized spacial score (nSPS) is 22.5. The molecular formula is C26H33F4N5O5. The van der Waals surface area contributed by atoms with Crippen LogP contribution in [0.4, 0.5) is 17.6 Å². The van der Waals surface area contributed by atoms with Crippen molar-refractivity contribution in [3.63, 3.8) is 0 Å². The quantitative estimate of drug-likeness (QED) is 0.380. The summed E-state index contributed by atoms with van der Waals surface area (Å²) in [5, 5.41) is 12.7. The van der Waals surface area contributed by atoms with Gasteiger partial charge in [-0.15, -0.1) is 0 Å². The number of para-hydroxylation sites is 1. The van der Waals surface area contributed by atoms with Gasteiger partial charge < -0.3 is 15.3 Å². The Morgan fingerprint density at radius 3 is 2.30 bits per heavy atom. The fraction of sp³-hybridized carbons (Fsp3) is 0.615. The van der Waals surface area contributed by atoms with Crippen LogP contribution in [0.25, 0.3) is 11.0 Å². The molecule has 1 unspecified atom stereocenters. The van der Waals surface area contributed by atoms with E-state index in [0.717, 1.165) is 55.6 Å². The molecule has 0 spiro atoms. The minimum absolute atomic E-state index is 0.226. The third-order valence-electron chi connectivity index (χ3n) is 7.93. The van der Waals surface area contributed by atoms with Crippen molar-refractivity contribution in [1.29, 1.82) is 0 Å². The molecule has 3 fully saturated rings. The van der Waals surface area contributed by atoms with Crippen molar-refractivity contribution in [2.24, 2.45) is 7.05 Å². The predicted octanol–water partition coefficient (Wildman–Crippen LogP) is 2.22. The van der Waals surface area contributed by atoms with Crippen LogP contribution in [0.5, 0.6) is 0 Å². The van der Waals surface area contributed by atoms with Gasteiger partial charge in [0.25, 0.3) is 0 Å². The van der Waals surface area contributed by atoms with Crippen molar-refractivity contribution in [3.05, 3.63) is 34.2 Å². The third kappa shape index (κ3) is 6.38. The molecule has 0 radical (unpaired) electrons. The lowest BCUT2D eigenvalue weighted by Gasteiger charge is -2.38. The third-order valence-corrected chi connectivity index (χ3v) is 7.93. The van der Waals surface area contributed by atoms with Gasteiger partial charge in [0, 0.05) is 20.0 Å². The first kappa shape index (κ1) is 29.7. The highest BCUT2D eigenvalue weighted by Crippen LogP contribution is 2.35. The van der Waals surface area contributed by atoms with E-state index >= 15 is 4.39 Å². The van der Waals surface area contributed by atoms with E-state index in [-0.39, 0.29) is 23.9 Å². The molecule has 3 N–H and O–H groups in total. The number of fused-ring (bicyclic) bond motifs is 1. The molecule has 0 aliphatic carbocycles. The topological polar surface area (TPSA) is 126 Å². The van der Waals surface area contributed by atoms with Crippen LogP contribution in [-0.4, -0.2) is 81.5 Å². The van der Waals surface area contributed by atoms with Crippen molar-refractivity contribution >= 4 is 28.8 Å². The van der Waals surface area contributed by atoms with Gasteiger partial charge >= 0.3 is 17.8 Å². The number of rotatable bonds is 4. The minimum atomic E-state index is -5.08. The number of imidazole rings is 1. The van der Waals surface area contributed by atoms with Crippen LogP contribution in [-0.2, 0) is 21.4 Å². The number of benzene rings is 1. The molecule has 2 aromatic rings. The molecule has 0 saturated carbocycles. The number of carboxylic acids is 1. The Kier molecular flexibility index (Phi) is 8.69. The van der Waals surface area contributed by atoms with E-state index in [1.165, 1.54) is 0 Å². The van der Waals surface area contributed by atoms with Gasteiger partial charge in [0.2, 0.25) is 11.8 Å². The molecule has 3 aliphatic heterocycles. The van der Waals surface area contributed by atoms with Gasteiger partial charge in [-0.05, 0) is 75.8 Å². The maximum absolute atomic E-state index is 15.1. The fourth-order valence-corrected chi connectivity index (χ4v) is 5.86. The first-order valence-corrected chi connectivity index (χ1v) is 13.3. The Balaban J connectivity index is 0.000000470. The summed E-state index contributed by atoms with van der Waals surface area (Å²) in [4.78, 5) is 48.4. The summed E-state index contributed by atoms with van der Waals surface area (Å²) in [6, 6.07) is 5.21. The number of piperidine rings is 3. The molecular weight excluding hydrogens is 538 g/mol. The van der Waals surface area contributed by atoms with Gasteiger partial charge in [0.05, 0.1) is 11.0 Å². The summed E-state index contributed by atoms with van der Waals surface area (Å²) in [5.74, 6) is -3.20. The number of aryl methyl sites for hydroxylation is 1. The second-order valence-electron chi connectivity index (χ2n) is 10.6. The number of hydrogen-bond donors (Lipinski definition) is 3. The van der Waals surface area contributed by atoms with E-state index in [2.05, 4.69) is 21.6 Å². The van der Waals surface area contributed by atoms with Crippen molar-refractivity contribution in [1.82, 2.24) is 24.7 Å². The molecule has 0 bridgehead atoms. The summed E-state index contributed by atoms with van der Waals surface area (Å²) in [5.41, 5.74) is 1.35. The summed E-state index contributed by atoms with van der Waals surface area (Å²) in [6.07, 6.45) is -1.57. The van der Waals surface area contributed by atoms with Gasteiger partial charge in [-0.2, -0.15) is 13.2 Å². The molecule has 1 aromatic heterocycles. The van der Waals surface area contributed by atoms with Gasteiger partial charge in [-0.1, -0.05) is 12.1 Å². The maximum Gasteiger partial charge on any atom is 0.490 e. The monoisotopic (exact) mass is 571 g/mol. The van der Waals surface area contributed by atoms with Crippen molar-refractivity contribution in [2.45, 2.75) is 62.3 Å². The Labute approximate surface area is 227 Å². The largest absolute Gasteiger partial charge is 0.490 e. The number of amides is 2. The van der Waals surface area contributed by atoms with E-state index in [0.29, 0.717) is 25.8 Å². The van der Waals surface area contributed by atoms with Crippen molar-refractivity contribution in [2.75, 3.05) is 32.7 Å². The maximum atomic E-state index is 15.1. The number of carbonyl (C=O) groups excluding carboxylic acids is 2. The second-order valence-corrected chi connectivity index (χ2v) is 10.6. The average Bonchev–Trinajstić information content (AvgIpc) is 3.14. The number of aromatic nitrogens is 2. The molecule has 10 nitrogen and oxygen atoms in total. The summed E-state index contributed by atoms with van der Waals surface area (Å²) < 4.78 is 50.1. The number of hydrogen-bond acceptors (Lipinski definition) is 6. The number of nitrogens with one attached hydrogen (secondary N) is 2. The Morgan fingerprint density at radius 1 is 1.10 bits per heavy atom. The van der Waals surface area contributed by atoms with Crippen LogP contribution in [0.1, 0.15) is 56.0 Å². The van der Waals surface area contributed by atoms with E-state index in [1.54, 1.807) is 16.2 Å². The standard InChI is InChI=1S/C24H32FN5O3.C2HF3O2/c1-28-21-17(16-7-13-29(14-8-16)15-24(25)9-11-26-12-10-24)3-2-4-18(21)30(23(28)33)19-5-6-20(31)27-22(19)32;3-2(4,5)1(6)7/h2-4,16,19,26H,5-15H2,1H3,(H,27,31,32);(H,6,7). The zero-order valence-corrected chi connectivity index (χ0v) is 22.1. The molecule has 5 rings (SSSR count). The molecule has 40 heavy (non-hydrogen) atoms. The van der Waals surface area contributed by atoms with Crippen LogP contribution >= 0.6 is 0 Å².